The van der Waals surface area contributed by atoms with Crippen molar-refractivity contribution >= 4 is 34.4 Å². The molecule has 0 radical (unpaired) electrons. The van der Waals surface area contributed by atoms with Crippen LogP contribution in [0.2, 0.25) is 0 Å². The molecular weight excluding hydrogens is 300 g/mol. The Labute approximate surface area is 136 Å². The predicted octanol–water partition coefficient (Wildman–Crippen LogP) is 5.32. The number of imidazole rings is 1. The van der Waals surface area contributed by atoms with Crippen LogP contribution in [0.15, 0.2) is 18.2 Å². The van der Waals surface area contributed by atoms with Crippen LogP contribution < -0.4 is 0 Å². The molecule has 0 N–H and O–H groups in total. The highest BCUT2D eigenvalue weighted by Gasteiger charge is 2.34. The van der Waals surface area contributed by atoms with E-state index in [0.29, 0.717) is 4.75 Å². The number of aromatic nitrogens is 2. The minimum absolute atomic E-state index is 0.0574. The molecule has 1 unspecified atom stereocenters. The predicted molar refractivity (Wildman–Crippen MR) is 93.5 cm³/mol. The van der Waals surface area contributed by atoms with Crippen LogP contribution >= 0.6 is 23.4 Å². The van der Waals surface area contributed by atoms with E-state index in [2.05, 4.69) is 35.9 Å². The van der Waals surface area contributed by atoms with Crippen LogP contribution in [-0.4, -0.2) is 20.6 Å². The van der Waals surface area contributed by atoms with E-state index in [1.807, 2.05) is 18.7 Å². The smallest absolute Gasteiger partial charge is 0.127 e. The van der Waals surface area contributed by atoms with Crippen LogP contribution in [0.25, 0.3) is 11.0 Å². The fourth-order valence-corrected chi connectivity index (χ4v) is 4.58. The summed E-state index contributed by atoms with van der Waals surface area (Å²) in [5.74, 6) is 1.01. The van der Waals surface area contributed by atoms with E-state index in [0.717, 1.165) is 17.9 Å². The second kappa shape index (κ2) is 5.85. The highest BCUT2D eigenvalue weighted by atomic mass is 35.5. The van der Waals surface area contributed by atoms with Crippen molar-refractivity contribution < 1.29 is 0 Å². The van der Waals surface area contributed by atoms with Crippen molar-refractivity contribution in [1.29, 1.82) is 0 Å². The van der Waals surface area contributed by atoms with Gasteiger partial charge in [0, 0.05) is 11.3 Å². The molecule has 1 atom stereocenters. The molecule has 1 aromatic carbocycles. The number of aryl methyl sites for hydroxylation is 1. The van der Waals surface area contributed by atoms with Gasteiger partial charge in [0.05, 0.1) is 16.4 Å². The van der Waals surface area contributed by atoms with Crippen molar-refractivity contribution in [1.82, 2.24) is 9.55 Å². The largest absolute Gasteiger partial charge is 0.325 e. The minimum atomic E-state index is -0.0574. The summed E-state index contributed by atoms with van der Waals surface area (Å²) in [5, 5.41) is -0.0574. The van der Waals surface area contributed by atoms with E-state index in [9.17, 15) is 0 Å². The Morgan fingerprint density at radius 2 is 2.10 bits per heavy atom. The van der Waals surface area contributed by atoms with Crippen molar-refractivity contribution in [3.8, 4) is 0 Å². The molecule has 0 spiro atoms. The van der Waals surface area contributed by atoms with Gasteiger partial charge in [-0.3, -0.25) is 0 Å². The van der Waals surface area contributed by atoms with E-state index in [-0.39, 0.29) is 5.38 Å². The molecule has 21 heavy (non-hydrogen) atoms. The van der Waals surface area contributed by atoms with Gasteiger partial charge >= 0.3 is 0 Å². The van der Waals surface area contributed by atoms with Crippen LogP contribution in [0.4, 0.5) is 0 Å². The normalized spacial score (nSPS) is 19.2. The number of nitrogens with zero attached hydrogens (tertiary/aromatic N) is 2. The van der Waals surface area contributed by atoms with E-state index in [1.54, 1.807) is 0 Å². The Morgan fingerprint density at radius 1 is 1.38 bits per heavy atom. The Morgan fingerprint density at radius 3 is 2.71 bits per heavy atom. The number of hydrogen-bond donors (Lipinski definition) is 0. The van der Waals surface area contributed by atoms with Crippen LogP contribution in [0.1, 0.15) is 49.4 Å². The zero-order chi connectivity index (χ0) is 15.0. The number of rotatable bonds is 4. The van der Waals surface area contributed by atoms with E-state index >= 15 is 0 Å². The van der Waals surface area contributed by atoms with Gasteiger partial charge in [0.15, 0.2) is 0 Å². The lowest BCUT2D eigenvalue weighted by molar-refractivity contribution is 0.501. The van der Waals surface area contributed by atoms with Crippen LogP contribution in [0.5, 0.6) is 0 Å². The molecule has 0 aliphatic heterocycles. The SMILES string of the molecule is CSC1(Cn2c(C(C)Cl)nc3cc(C)ccc32)CCCC1. The summed E-state index contributed by atoms with van der Waals surface area (Å²) < 4.78 is 2.73. The molecule has 0 saturated heterocycles. The van der Waals surface area contributed by atoms with Gasteiger partial charge in [-0.15, -0.1) is 11.6 Å². The quantitative estimate of drug-likeness (QED) is 0.709. The number of thioether (sulfide) groups is 1. The van der Waals surface area contributed by atoms with Gasteiger partial charge in [-0.1, -0.05) is 18.9 Å². The monoisotopic (exact) mass is 322 g/mol. The lowest BCUT2D eigenvalue weighted by atomic mass is 10.1. The number of halogens is 1. The fraction of sp³-hybridized carbons (Fsp3) is 0.588. The minimum Gasteiger partial charge on any atom is -0.325 e. The summed E-state index contributed by atoms with van der Waals surface area (Å²) in [7, 11) is 0. The standard InChI is InChI=1S/C17H23ClN2S/c1-12-6-7-15-14(10-12)19-16(13(2)18)20(15)11-17(21-3)8-4-5-9-17/h6-7,10,13H,4-5,8-9,11H2,1-3H3. The van der Waals surface area contributed by atoms with Crippen LogP contribution in [-0.2, 0) is 6.54 Å². The molecule has 0 bridgehead atoms. The van der Waals surface area contributed by atoms with E-state index in [4.69, 9.17) is 16.6 Å². The van der Waals surface area contributed by atoms with E-state index < -0.39 is 0 Å². The maximum Gasteiger partial charge on any atom is 0.127 e. The highest BCUT2D eigenvalue weighted by Crippen LogP contribution is 2.42. The fourth-order valence-electron chi connectivity index (χ4n) is 3.46. The molecule has 1 aliphatic carbocycles. The highest BCUT2D eigenvalue weighted by molar-refractivity contribution is 8.00. The second-order valence-electron chi connectivity index (χ2n) is 6.26. The van der Waals surface area contributed by atoms with Gasteiger partial charge in [-0.2, -0.15) is 11.8 Å². The first-order valence-electron chi connectivity index (χ1n) is 7.71. The van der Waals surface area contributed by atoms with Crippen LogP contribution in [0.3, 0.4) is 0 Å². The molecule has 2 nitrogen and oxygen atoms in total. The van der Waals surface area contributed by atoms with Gasteiger partial charge in [-0.25, -0.2) is 4.98 Å². The van der Waals surface area contributed by atoms with Crippen molar-refractivity contribution in [2.45, 2.75) is 56.2 Å². The summed E-state index contributed by atoms with van der Waals surface area (Å²) in [4.78, 5) is 4.80. The van der Waals surface area contributed by atoms with Crippen molar-refractivity contribution in [2.75, 3.05) is 6.26 Å². The molecule has 4 heteroatoms. The third-order valence-electron chi connectivity index (χ3n) is 4.68. The third-order valence-corrected chi connectivity index (χ3v) is 6.28. The molecule has 1 fully saturated rings. The molecule has 1 saturated carbocycles. The maximum absolute atomic E-state index is 6.40. The molecule has 114 valence electrons. The Hall–Kier alpha value is -0.670. The van der Waals surface area contributed by atoms with Gasteiger partial charge in [0.2, 0.25) is 0 Å². The molecule has 0 amide bonds. The molecule has 1 heterocycles. The molecule has 2 aromatic rings. The molecular formula is C17H23ClN2S. The van der Waals surface area contributed by atoms with Crippen LogP contribution in [0, 0.1) is 6.92 Å². The first kappa shape index (κ1) is 15.2. The average molecular weight is 323 g/mol. The molecule has 1 aliphatic rings. The maximum atomic E-state index is 6.40. The first-order valence-corrected chi connectivity index (χ1v) is 9.37. The zero-order valence-electron chi connectivity index (χ0n) is 13.0. The van der Waals surface area contributed by atoms with Gasteiger partial charge in [0.1, 0.15) is 5.82 Å². The van der Waals surface area contributed by atoms with E-state index in [1.165, 1.54) is 36.8 Å². The lowest BCUT2D eigenvalue weighted by Gasteiger charge is -2.28. The summed E-state index contributed by atoms with van der Waals surface area (Å²) in [5.41, 5.74) is 3.55. The van der Waals surface area contributed by atoms with Crippen molar-refractivity contribution in [3.05, 3.63) is 29.6 Å². The number of fused-ring (bicyclic) bond motifs is 1. The average Bonchev–Trinajstić information content (AvgIpc) is 3.05. The number of benzene rings is 1. The second-order valence-corrected chi connectivity index (χ2v) is 8.19. The Balaban J connectivity index is 2.09. The topological polar surface area (TPSA) is 17.8 Å². The molecule has 1 aromatic heterocycles. The first-order chi connectivity index (χ1) is 10.0. The summed E-state index contributed by atoms with van der Waals surface area (Å²) in [6.45, 7) is 5.16. The lowest BCUT2D eigenvalue weighted by Crippen LogP contribution is -2.27. The summed E-state index contributed by atoms with van der Waals surface area (Å²) in [6.07, 6.45) is 7.54. The number of alkyl halides is 1. The summed E-state index contributed by atoms with van der Waals surface area (Å²) in [6, 6.07) is 6.53. The zero-order valence-corrected chi connectivity index (χ0v) is 14.6. The van der Waals surface area contributed by atoms with Gasteiger partial charge in [0.25, 0.3) is 0 Å². The third kappa shape index (κ3) is 2.83. The summed E-state index contributed by atoms with van der Waals surface area (Å²) >= 11 is 8.42. The Bertz CT molecular complexity index is 642. The van der Waals surface area contributed by atoms with Crippen molar-refractivity contribution in [3.63, 3.8) is 0 Å². The van der Waals surface area contributed by atoms with Crippen molar-refractivity contribution in [2.24, 2.45) is 0 Å². The van der Waals surface area contributed by atoms with Gasteiger partial charge in [-0.05, 0) is 50.6 Å². The van der Waals surface area contributed by atoms with Gasteiger partial charge < -0.3 is 4.57 Å². The number of hydrogen-bond acceptors (Lipinski definition) is 2. The Kier molecular flexibility index (Phi) is 4.24. The molecule has 3 rings (SSSR count).